The monoisotopic (exact) mass is 384 g/mol. The zero-order valence-electron chi connectivity index (χ0n) is 15.0. The van der Waals surface area contributed by atoms with E-state index in [1.165, 1.54) is 0 Å². The molecule has 136 valence electrons. The highest BCUT2D eigenvalue weighted by atomic mass is 35.5. The summed E-state index contributed by atoms with van der Waals surface area (Å²) >= 11 is 6.22. The molecule has 0 spiro atoms. The van der Waals surface area contributed by atoms with Crippen LogP contribution in [0.1, 0.15) is 39.4 Å². The number of carbonyl (C=O) groups excluding carboxylic acids is 1. The number of benzene rings is 3. The Morgan fingerprint density at radius 2 is 1.79 bits per heavy atom. The molecule has 1 unspecified atom stereocenters. The number of aromatic amines is 1. The van der Waals surface area contributed by atoms with E-state index in [0.29, 0.717) is 22.6 Å². The molecule has 1 N–H and O–H groups in total. The van der Waals surface area contributed by atoms with Crippen molar-refractivity contribution in [3.8, 4) is 6.07 Å². The summed E-state index contributed by atoms with van der Waals surface area (Å²) in [6, 6.07) is 24.6. The lowest BCUT2D eigenvalue weighted by Crippen LogP contribution is -2.09. The average molecular weight is 385 g/mol. The van der Waals surface area contributed by atoms with E-state index in [2.05, 4.69) is 11.1 Å². The summed E-state index contributed by atoms with van der Waals surface area (Å²) in [6.07, 6.45) is 2.28. The first-order valence-corrected chi connectivity index (χ1v) is 9.38. The number of nitrogens with zero attached hydrogens (tertiary/aromatic N) is 1. The molecule has 1 heterocycles. The fraction of sp³-hybridized carbons (Fsp3) is 0.0833. The van der Waals surface area contributed by atoms with Crippen molar-refractivity contribution in [1.82, 2.24) is 4.98 Å². The Bertz CT molecular complexity index is 1170. The number of halogens is 1. The van der Waals surface area contributed by atoms with Gasteiger partial charge >= 0.3 is 0 Å². The molecule has 0 saturated heterocycles. The summed E-state index contributed by atoms with van der Waals surface area (Å²) in [4.78, 5) is 16.2. The van der Waals surface area contributed by atoms with E-state index in [9.17, 15) is 4.79 Å². The normalized spacial score (nSPS) is 11.9. The lowest BCUT2D eigenvalue weighted by molar-refractivity contribution is 0.0978. The number of H-pyrrole nitrogens is 1. The molecule has 3 aromatic carbocycles. The van der Waals surface area contributed by atoms with Gasteiger partial charge in [0.1, 0.15) is 0 Å². The number of aromatic nitrogens is 1. The van der Waals surface area contributed by atoms with Crippen LogP contribution in [-0.2, 0) is 0 Å². The molecule has 1 atom stereocenters. The van der Waals surface area contributed by atoms with Gasteiger partial charge in [0.15, 0.2) is 5.78 Å². The second-order valence-electron chi connectivity index (χ2n) is 6.71. The minimum Gasteiger partial charge on any atom is -0.361 e. The standard InChI is InChI=1S/C24H17ClN2O/c25-19-10-11-23-21(12-19)22(15-27-23)20(17-8-6-16(14-26)7-9-17)13-24(28)18-4-2-1-3-5-18/h1-12,15,20,27H,13H2. The van der Waals surface area contributed by atoms with Gasteiger partial charge < -0.3 is 4.98 Å². The summed E-state index contributed by atoms with van der Waals surface area (Å²) in [6.45, 7) is 0. The molecule has 4 rings (SSSR count). The van der Waals surface area contributed by atoms with Crippen molar-refractivity contribution in [2.75, 3.05) is 0 Å². The van der Waals surface area contributed by atoms with Gasteiger partial charge in [-0.3, -0.25) is 4.79 Å². The first-order valence-electron chi connectivity index (χ1n) is 9.00. The molecule has 28 heavy (non-hydrogen) atoms. The van der Waals surface area contributed by atoms with E-state index in [4.69, 9.17) is 16.9 Å². The van der Waals surface area contributed by atoms with Crippen LogP contribution in [0.25, 0.3) is 10.9 Å². The number of hydrogen-bond donors (Lipinski definition) is 1. The second kappa shape index (κ2) is 7.72. The zero-order chi connectivity index (χ0) is 19.5. The molecular weight excluding hydrogens is 368 g/mol. The van der Waals surface area contributed by atoms with Gasteiger partial charge in [-0.1, -0.05) is 54.1 Å². The highest BCUT2D eigenvalue weighted by molar-refractivity contribution is 6.31. The molecule has 1 aromatic heterocycles. The predicted molar refractivity (Wildman–Crippen MR) is 112 cm³/mol. The van der Waals surface area contributed by atoms with E-state index in [1.807, 2.05) is 66.9 Å². The van der Waals surface area contributed by atoms with Gasteiger partial charge in [0, 0.05) is 40.0 Å². The Morgan fingerprint density at radius 1 is 1.04 bits per heavy atom. The van der Waals surface area contributed by atoms with Crippen molar-refractivity contribution >= 4 is 28.3 Å². The summed E-state index contributed by atoms with van der Waals surface area (Å²) in [7, 11) is 0. The molecule has 0 aliphatic heterocycles. The fourth-order valence-electron chi connectivity index (χ4n) is 3.53. The molecule has 4 heteroatoms. The van der Waals surface area contributed by atoms with E-state index in [-0.39, 0.29) is 11.7 Å². The minimum absolute atomic E-state index is 0.0753. The van der Waals surface area contributed by atoms with Crippen LogP contribution in [0.4, 0.5) is 0 Å². The predicted octanol–water partition coefficient (Wildman–Crippen LogP) is 6.10. The number of Topliss-reactive ketones (excluding diaryl/α,β-unsaturated/α-hetero) is 1. The highest BCUT2D eigenvalue weighted by Gasteiger charge is 2.22. The van der Waals surface area contributed by atoms with Gasteiger partial charge in [-0.25, -0.2) is 0 Å². The van der Waals surface area contributed by atoms with Crippen molar-refractivity contribution in [3.63, 3.8) is 0 Å². The van der Waals surface area contributed by atoms with Crippen LogP contribution in [0, 0.1) is 11.3 Å². The van der Waals surface area contributed by atoms with Crippen molar-refractivity contribution in [1.29, 1.82) is 5.26 Å². The fourth-order valence-corrected chi connectivity index (χ4v) is 3.70. The third-order valence-electron chi connectivity index (χ3n) is 4.98. The Hall–Kier alpha value is -3.35. The largest absolute Gasteiger partial charge is 0.361 e. The van der Waals surface area contributed by atoms with Gasteiger partial charge in [0.05, 0.1) is 11.6 Å². The molecule has 0 radical (unpaired) electrons. The molecule has 0 bridgehead atoms. The maximum atomic E-state index is 13.0. The van der Waals surface area contributed by atoms with Gasteiger partial charge in [-0.15, -0.1) is 0 Å². The van der Waals surface area contributed by atoms with Crippen LogP contribution in [0.2, 0.25) is 5.02 Å². The summed E-state index contributed by atoms with van der Waals surface area (Å²) < 4.78 is 0. The molecular formula is C24H17ClN2O. The van der Waals surface area contributed by atoms with Gasteiger partial charge in [-0.05, 0) is 41.5 Å². The van der Waals surface area contributed by atoms with Gasteiger partial charge in [0.2, 0.25) is 0 Å². The van der Waals surface area contributed by atoms with E-state index >= 15 is 0 Å². The molecule has 0 saturated carbocycles. The van der Waals surface area contributed by atoms with Crippen LogP contribution >= 0.6 is 11.6 Å². The van der Waals surface area contributed by atoms with E-state index < -0.39 is 0 Å². The quantitative estimate of drug-likeness (QED) is 0.423. The Kier molecular flexibility index (Phi) is 4.97. The topological polar surface area (TPSA) is 56.6 Å². The molecule has 4 aromatic rings. The number of nitriles is 1. The number of hydrogen-bond acceptors (Lipinski definition) is 2. The first kappa shape index (κ1) is 18.0. The van der Waals surface area contributed by atoms with E-state index in [1.54, 1.807) is 12.1 Å². The molecule has 3 nitrogen and oxygen atoms in total. The molecule has 0 aliphatic rings. The van der Waals surface area contributed by atoms with Crippen molar-refractivity contribution in [3.05, 3.63) is 106 Å². The summed E-state index contributed by atoms with van der Waals surface area (Å²) in [5.74, 6) is -0.0704. The third kappa shape index (κ3) is 3.55. The Labute approximate surface area is 168 Å². The number of carbonyl (C=O) groups is 1. The van der Waals surface area contributed by atoms with Crippen LogP contribution in [0.5, 0.6) is 0 Å². The summed E-state index contributed by atoms with van der Waals surface area (Å²) in [5.41, 5.74) is 4.28. The van der Waals surface area contributed by atoms with Gasteiger partial charge in [0.25, 0.3) is 0 Å². The Balaban J connectivity index is 1.79. The van der Waals surface area contributed by atoms with Crippen molar-refractivity contribution in [2.45, 2.75) is 12.3 Å². The minimum atomic E-state index is -0.146. The zero-order valence-corrected chi connectivity index (χ0v) is 15.8. The van der Waals surface area contributed by atoms with E-state index in [0.717, 1.165) is 22.0 Å². The number of fused-ring (bicyclic) bond motifs is 1. The van der Waals surface area contributed by atoms with Crippen LogP contribution in [0.15, 0.2) is 79.0 Å². The molecule has 0 aliphatic carbocycles. The smallest absolute Gasteiger partial charge is 0.163 e. The summed E-state index contributed by atoms with van der Waals surface area (Å²) in [5, 5.41) is 10.7. The second-order valence-corrected chi connectivity index (χ2v) is 7.15. The number of nitrogens with one attached hydrogen (secondary N) is 1. The van der Waals surface area contributed by atoms with Crippen LogP contribution in [-0.4, -0.2) is 10.8 Å². The van der Waals surface area contributed by atoms with Gasteiger partial charge in [-0.2, -0.15) is 5.26 Å². The lowest BCUT2D eigenvalue weighted by Gasteiger charge is -2.17. The Morgan fingerprint density at radius 3 is 2.50 bits per heavy atom. The maximum Gasteiger partial charge on any atom is 0.163 e. The number of ketones is 1. The lowest BCUT2D eigenvalue weighted by atomic mass is 9.85. The first-order chi connectivity index (χ1) is 13.7. The van der Waals surface area contributed by atoms with Crippen LogP contribution in [0.3, 0.4) is 0 Å². The third-order valence-corrected chi connectivity index (χ3v) is 5.21. The SMILES string of the molecule is N#Cc1ccc(C(CC(=O)c2ccccc2)c2c[nH]c3ccc(Cl)cc23)cc1. The molecule has 0 fully saturated rings. The van der Waals surface area contributed by atoms with Crippen molar-refractivity contribution in [2.24, 2.45) is 0 Å². The highest BCUT2D eigenvalue weighted by Crippen LogP contribution is 2.35. The van der Waals surface area contributed by atoms with Crippen molar-refractivity contribution < 1.29 is 4.79 Å². The number of rotatable bonds is 5. The molecule has 0 amide bonds. The van der Waals surface area contributed by atoms with Crippen LogP contribution < -0.4 is 0 Å². The maximum absolute atomic E-state index is 13.0. The average Bonchev–Trinajstić information content (AvgIpc) is 3.15.